The van der Waals surface area contributed by atoms with Crippen LogP contribution in [-0.2, 0) is 6.42 Å². The van der Waals surface area contributed by atoms with Crippen LogP contribution in [0.5, 0.6) is 5.75 Å². The van der Waals surface area contributed by atoms with Gasteiger partial charge in [-0.2, -0.15) is 5.26 Å². The Balaban J connectivity index is 1.65. The molecule has 0 saturated heterocycles. The Labute approximate surface area is 123 Å². The van der Waals surface area contributed by atoms with Gasteiger partial charge in [-0.15, -0.1) is 0 Å². The lowest BCUT2D eigenvalue weighted by Gasteiger charge is -2.05. The van der Waals surface area contributed by atoms with Gasteiger partial charge in [-0.25, -0.2) is 4.98 Å². The molecule has 0 bridgehead atoms. The summed E-state index contributed by atoms with van der Waals surface area (Å²) >= 11 is 0. The molecule has 0 aliphatic heterocycles. The normalized spacial score (nSPS) is 10.4. The van der Waals surface area contributed by atoms with Crippen LogP contribution in [0.15, 0.2) is 54.7 Å². The summed E-state index contributed by atoms with van der Waals surface area (Å²) in [7, 11) is 0. The first kappa shape index (κ1) is 13.2. The second-order valence-corrected chi connectivity index (χ2v) is 4.71. The Morgan fingerprint density at radius 1 is 1.10 bits per heavy atom. The minimum Gasteiger partial charge on any atom is -0.494 e. The number of ether oxygens (including phenoxy) is 1. The predicted octanol–water partition coefficient (Wildman–Crippen LogP) is 3.22. The van der Waals surface area contributed by atoms with Gasteiger partial charge in [0.2, 0.25) is 0 Å². The van der Waals surface area contributed by atoms with Crippen molar-refractivity contribution in [3.05, 3.63) is 66.2 Å². The Hall–Kier alpha value is -2.80. The molecule has 0 aliphatic rings. The number of fused-ring (bicyclic) bond motifs is 1. The zero-order valence-corrected chi connectivity index (χ0v) is 11.6. The number of benzene rings is 1. The maximum Gasteiger partial charge on any atom is 0.166 e. The number of aromatic nitrogens is 2. The molecule has 0 aliphatic carbocycles. The highest BCUT2D eigenvalue weighted by Crippen LogP contribution is 2.14. The molecule has 0 N–H and O–H groups in total. The lowest BCUT2D eigenvalue weighted by atomic mass is 10.3. The fourth-order valence-corrected chi connectivity index (χ4v) is 2.30. The van der Waals surface area contributed by atoms with E-state index in [0.717, 1.165) is 29.9 Å². The summed E-state index contributed by atoms with van der Waals surface area (Å²) in [6.45, 7) is 0.633. The van der Waals surface area contributed by atoms with Crippen LogP contribution in [0, 0.1) is 11.3 Å². The fourth-order valence-electron chi connectivity index (χ4n) is 2.30. The van der Waals surface area contributed by atoms with E-state index in [1.54, 1.807) is 0 Å². The number of para-hydroxylation sites is 1. The number of nitriles is 1. The summed E-state index contributed by atoms with van der Waals surface area (Å²) < 4.78 is 7.64. The van der Waals surface area contributed by atoms with Crippen LogP contribution in [0.4, 0.5) is 0 Å². The summed E-state index contributed by atoms with van der Waals surface area (Å²) in [5.41, 5.74) is 1.34. The number of nitrogens with zero attached hydrogens (tertiary/aromatic N) is 3. The second-order valence-electron chi connectivity index (χ2n) is 4.71. The number of rotatable bonds is 5. The van der Waals surface area contributed by atoms with Crippen LogP contribution in [0.2, 0.25) is 0 Å². The van der Waals surface area contributed by atoms with Gasteiger partial charge in [0.25, 0.3) is 0 Å². The Morgan fingerprint density at radius 3 is 2.71 bits per heavy atom. The summed E-state index contributed by atoms with van der Waals surface area (Å²) in [4.78, 5) is 4.40. The SMILES string of the molecule is N#Cc1nc(CCCOc2ccccc2)n2ccccc12. The van der Waals surface area contributed by atoms with Crippen molar-refractivity contribution in [3.63, 3.8) is 0 Å². The molecule has 0 spiro atoms. The molecule has 0 saturated carbocycles. The quantitative estimate of drug-likeness (QED) is 0.673. The third-order valence-corrected chi connectivity index (χ3v) is 3.28. The van der Waals surface area contributed by atoms with Gasteiger partial charge in [-0.1, -0.05) is 24.3 Å². The third kappa shape index (κ3) is 2.87. The summed E-state index contributed by atoms with van der Waals surface area (Å²) in [6.07, 6.45) is 3.57. The lowest BCUT2D eigenvalue weighted by Crippen LogP contribution is -2.02. The minimum atomic E-state index is 0.481. The minimum absolute atomic E-state index is 0.481. The fraction of sp³-hybridized carbons (Fsp3) is 0.176. The van der Waals surface area contributed by atoms with Crippen LogP contribution in [0.25, 0.3) is 5.52 Å². The molecule has 4 nitrogen and oxygen atoms in total. The smallest absolute Gasteiger partial charge is 0.166 e. The van der Waals surface area contributed by atoms with Crippen molar-refractivity contribution < 1.29 is 4.74 Å². The van der Waals surface area contributed by atoms with E-state index < -0.39 is 0 Å². The molecule has 0 radical (unpaired) electrons. The average Bonchev–Trinajstić information content (AvgIpc) is 2.91. The van der Waals surface area contributed by atoms with Gasteiger partial charge in [-0.05, 0) is 30.7 Å². The molecule has 4 heteroatoms. The molecule has 0 amide bonds. The average molecular weight is 277 g/mol. The van der Waals surface area contributed by atoms with Gasteiger partial charge in [0.15, 0.2) is 5.69 Å². The standard InChI is InChI=1S/C17H15N3O/c18-13-15-16-9-4-5-11-20(16)17(19-15)10-6-12-21-14-7-2-1-3-8-14/h1-5,7-9,11H,6,10,12H2. The summed E-state index contributed by atoms with van der Waals surface area (Å²) in [6, 6.07) is 17.7. The van der Waals surface area contributed by atoms with E-state index >= 15 is 0 Å². The molecule has 0 fully saturated rings. The zero-order chi connectivity index (χ0) is 14.5. The molecule has 0 unspecified atom stereocenters. The Bertz CT molecular complexity index is 772. The largest absolute Gasteiger partial charge is 0.494 e. The maximum absolute atomic E-state index is 9.12. The van der Waals surface area contributed by atoms with Crippen molar-refractivity contribution in [1.29, 1.82) is 5.26 Å². The number of imidazole rings is 1. The van der Waals surface area contributed by atoms with E-state index in [2.05, 4.69) is 11.1 Å². The Morgan fingerprint density at radius 2 is 1.90 bits per heavy atom. The maximum atomic E-state index is 9.12. The highest BCUT2D eigenvalue weighted by Gasteiger charge is 2.09. The van der Waals surface area contributed by atoms with Crippen molar-refractivity contribution in [2.75, 3.05) is 6.61 Å². The highest BCUT2D eigenvalue weighted by molar-refractivity contribution is 5.58. The number of aryl methyl sites for hydroxylation is 1. The van der Waals surface area contributed by atoms with Crippen LogP contribution < -0.4 is 4.74 Å². The molecule has 2 aromatic heterocycles. The van der Waals surface area contributed by atoms with Crippen molar-refractivity contribution in [1.82, 2.24) is 9.38 Å². The topological polar surface area (TPSA) is 50.3 Å². The first-order valence-corrected chi connectivity index (χ1v) is 6.92. The van der Waals surface area contributed by atoms with E-state index in [0.29, 0.717) is 12.3 Å². The summed E-state index contributed by atoms with van der Waals surface area (Å²) in [5.74, 6) is 1.78. The van der Waals surface area contributed by atoms with Crippen molar-refractivity contribution in [3.8, 4) is 11.8 Å². The van der Waals surface area contributed by atoms with Crippen molar-refractivity contribution >= 4 is 5.52 Å². The van der Waals surface area contributed by atoms with Gasteiger partial charge in [0.1, 0.15) is 17.6 Å². The lowest BCUT2D eigenvalue weighted by molar-refractivity contribution is 0.310. The molecule has 1 aromatic carbocycles. The van der Waals surface area contributed by atoms with E-state index in [1.165, 1.54) is 0 Å². The Kier molecular flexibility index (Phi) is 3.83. The first-order valence-electron chi connectivity index (χ1n) is 6.92. The molecular weight excluding hydrogens is 262 g/mol. The highest BCUT2D eigenvalue weighted by atomic mass is 16.5. The van der Waals surface area contributed by atoms with Crippen LogP contribution in [0.3, 0.4) is 0 Å². The van der Waals surface area contributed by atoms with E-state index in [1.807, 2.05) is 59.1 Å². The number of pyridine rings is 1. The third-order valence-electron chi connectivity index (χ3n) is 3.28. The molecule has 3 rings (SSSR count). The van der Waals surface area contributed by atoms with Crippen LogP contribution >= 0.6 is 0 Å². The second kappa shape index (κ2) is 6.10. The van der Waals surface area contributed by atoms with Gasteiger partial charge >= 0.3 is 0 Å². The number of hydrogen-bond donors (Lipinski definition) is 0. The molecule has 0 atom stereocenters. The number of hydrogen-bond acceptors (Lipinski definition) is 3. The predicted molar refractivity (Wildman–Crippen MR) is 80.2 cm³/mol. The molecule has 104 valence electrons. The van der Waals surface area contributed by atoms with E-state index in [-0.39, 0.29) is 0 Å². The van der Waals surface area contributed by atoms with Crippen molar-refractivity contribution in [2.45, 2.75) is 12.8 Å². The van der Waals surface area contributed by atoms with E-state index in [9.17, 15) is 0 Å². The van der Waals surface area contributed by atoms with Gasteiger partial charge in [0.05, 0.1) is 12.1 Å². The zero-order valence-electron chi connectivity index (χ0n) is 11.6. The molecule has 2 heterocycles. The van der Waals surface area contributed by atoms with E-state index in [4.69, 9.17) is 10.00 Å². The first-order chi connectivity index (χ1) is 10.4. The monoisotopic (exact) mass is 277 g/mol. The summed E-state index contributed by atoms with van der Waals surface area (Å²) in [5, 5.41) is 9.12. The van der Waals surface area contributed by atoms with Crippen molar-refractivity contribution in [2.24, 2.45) is 0 Å². The van der Waals surface area contributed by atoms with Crippen LogP contribution in [-0.4, -0.2) is 16.0 Å². The molecule has 3 aromatic rings. The molecular formula is C17H15N3O. The van der Waals surface area contributed by atoms with Crippen LogP contribution in [0.1, 0.15) is 17.9 Å². The van der Waals surface area contributed by atoms with Gasteiger partial charge in [-0.3, -0.25) is 0 Å². The van der Waals surface area contributed by atoms with Gasteiger partial charge < -0.3 is 9.14 Å². The van der Waals surface area contributed by atoms with Gasteiger partial charge in [0, 0.05) is 12.6 Å². The molecule has 21 heavy (non-hydrogen) atoms.